The first-order valence-corrected chi connectivity index (χ1v) is 11.6. The summed E-state index contributed by atoms with van der Waals surface area (Å²) in [6.45, 7) is 3.98. The van der Waals surface area contributed by atoms with Gasteiger partial charge in [0.05, 0.1) is 19.3 Å². The molecule has 164 valence electrons. The van der Waals surface area contributed by atoms with Crippen molar-refractivity contribution >= 4 is 0 Å². The summed E-state index contributed by atoms with van der Waals surface area (Å²) in [5.74, 6) is -0.995. The summed E-state index contributed by atoms with van der Waals surface area (Å²) >= 11 is 0. The van der Waals surface area contributed by atoms with Crippen LogP contribution >= 0.6 is 0 Å². The number of benzene rings is 1. The molecule has 30 heavy (non-hydrogen) atoms. The van der Waals surface area contributed by atoms with Crippen molar-refractivity contribution in [2.45, 2.75) is 75.2 Å². The molecule has 1 N–H and O–H groups in total. The highest BCUT2D eigenvalue weighted by Gasteiger charge is 2.39. The van der Waals surface area contributed by atoms with Crippen molar-refractivity contribution in [3.05, 3.63) is 35.6 Å². The molecule has 3 fully saturated rings. The van der Waals surface area contributed by atoms with Gasteiger partial charge in [0, 0.05) is 31.1 Å². The van der Waals surface area contributed by atoms with Gasteiger partial charge in [0.2, 0.25) is 0 Å². The highest BCUT2D eigenvalue weighted by molar-refractivity contribution is 5.22. The average molecular weight is 416 g/mol. The van der Waals surface area contributed by atoms with Crippen molar-refractivity contribution in [1.82, 2.24) is 10.2 Å². The number of nitrogens with zero attached hydrogens (tertiary/aromatic N) is 2. The Morgan fingerprint density at radius 3 is 2.37 bits per heavy atom. The lowest BCUT2D eigenvalue weighted by atomic mass is 9.85. The third kappa shape index (κ3) is 5.03. The van der Waals surface area contributed by atoms with Gasteiger partial charge in [-0.05, 0) is 50.8 Å². The van der Waals surface area contributed by atoms with E-state index >= 15 is 0 Å². The fourth-order valence-corrected chi connectivity index (χ4v) is 5.23. The maximum atomic E-state index is 13.3. The fourth-order valence-electron chi connectivity index (χ4n) is 5.23. The number of rotatable bonds is 7. The molecule has 1 aromatic carbocycles. The Kier molecular flexibility index (Phi) is 7.05. The summed E-state index contributed by atoms with van der Waals surface area (Å²) in [5.41, 5.74) is 0.533. The zero-order chi connectivity index (χ0) is 20.9. The largest absolute Gasteiger partial charge is 0.343 e. The van der Waals surface area contributed by atoms with Crippen LogP contribution in [0.1, 0.15) is 63.4 Å². The summed E-state index contributed by atoms with van der Waals surface area (Å²) in [6.07, 6.45) is 9.77. The van der Waals surface area contributed by atoms with Crippen LogP contribution in [0, 0.1) is 17.1 Å². The predicted octanol–water partition coefficient (Wildman–Crippen LogP) is 4.09. The Morgan fingerprint density at radius 2 is 1.73 bits per heavy atom. The van der Waals surface area contributed by atoms with Crippen molar-refractivity contribution in [3.8, 4) is 6.07 Å². The van der Waals surface area contributed by atoms with Crippen LogP contribution in [-0.2, 0) is 15.3 Å². The van der Waals surface area contributed by atoms with Gasteiger partial charge in [-0.3, -0.25) is 5.32 Å². The quantitative estimate of drug-likeness (QED) is 0.727. The molecule has 0 amide bonds. The lowest BCUT2D eigenvalue weighted by Crippen LogP contribution is -2.56. The van der Waals surface area contributed by atoms with Crippen LogP contribution in [0.5, 0.6) is 0 Å². The van der Waals surface area contributed by atoms with Gasteiger partial charge in [0.15, 0.2) is 5.79 Å². The molecular formula is C24H34FN3O2. The molecule has 4 rings (SSSR count). The van der Waals surface area contributed by atoms with E-state index in [9.17, 15) is 9.65 Å². The van der Waals surface area contributed by atoms with Crippen LogP contribution in [-0.4, -0.2) is 49.3 Å². The highest BCUT2D eigenvalue weighted by atomic mass is 19.1. The Labute approximate surface area is 179 Å². The molecule has 2 saturated heterocycles. The van der Waals surface area contributed by atoms with E-state index in [1.807, 2.05) is 0 Å². The third-order valence-corrected chi connectivity index (χ3v) is 7.03. The molecule has 1 aromatic rings. The van der Waals surface area contributed by atoms with Gasteiger partial charge in [0.25, 0.3) is 0 Å². The number of hydrogen-bond donors (Lipinski definition) is 1. The van der Waals surface area contributed by atoms with E-state index in [2.05, 4.69) is 16.3 Å². The van der Waals surface area contributed by atoms with Gasteiger partial charge in [-0.25, -0.2) is 4.39 Å². The number of ether oxygens (including phenoxy) is 2. The van der Waals surface area contributed by atoms with E-state index in [0.29, 0.717) is 19.3 Å². The second-order valence-electron chi connectivity index (χ2n) is 9.08. The number of hydrogen-bond acceptors (Lipinski definition) is 5. The summed E-state index contributed by atoms with van der Waals surface area (Å²) in [7, 11) is 0. The minimum Gasteiger partial charge on any atom is -0.343 e. The summed E-state index contributed by atoms with van der Waals surface area (Å²) in [4.78, 5) is 2.45. The van der Waals surface area contributed by atoms with Crippen LogP contribution in [0.4, 0.5) is 4.39 Å². The first kappa shape index (κ1) is 21.7. The Bertz CT molecular complexity index is 713. The Balaban J connectivity index is 1.27. The van der Waals surface area contributed by atoms with Crippen LogP contribution in [0.25, 0.3) is 0 Å². The molecule has 0 atom stereocenters. The smallest absolute Gasteiger partial charge is 0.195 e. The Morgan fingerprint density at radius 1 is 1.07 bits per heavy atom. The van der Waals surface area contributed by atoms with Crippen LogP contribution in [0.2, 0.25) is 0 Å². The first-order valence-electron chi connectivity index (χ1n) is 11.6. The van der Waals surface area contributed by atoms with Gasteiger partial charge < -0.3 is 14.4 Å². The molecule has 0 bridgehead atoms. The van der Waals surface area contributed by atoms with Crippen molar-refractivity contribution in [1.29, 1.82) is 5.26 Å². The van der Waals surface area contributed by atoms with E-state index in [0.717, 1.165) is 50.9 Å². The molecule has 0 spiro atoms. The van der Waals surface area contributed by atoms with E-state index in [-0.39, 0.29) is 11.4 Å². The van der Waals surface area contributed by atoms with Crippen LogP contribution < -0.4 is 5.32 Å². The summed E-state index contributed by atoms with van der Waals surface area (Å²) in [5, 5.41) is 13.6. The number of piperidine rings is 1. The number of nitrogens with one attached hydrogen (secondary N) is 1. The van der Waals surface area contributed by atoms with E-state index in [4.69, 9.17) is 9.47 Å². The molecule has 0 radical (unpaired) electrons. The van der Waals surface area contributed by atoms with Crippen LogP contribution in [0.15, 0.2) is 24.3 Å². The third-order valence-electron chi connectivity index (χ3n) is 7.03. The van der Waals surface area contributed by atoms with E-state index in [1.165, 1.54) is 44.2 Å². The number of likely N-dealkylation sites (tertiary alicyclic amines) is 1. The molecule has 6 heteroatoms. The first-order chi connectivity index (χ1) is 14.6. The lowest BCUT2D eigenvalue weighted by molar-refractivity contribution is -0.172. The van der Waals surface area contributed by atoms with Gasteiger partial charge in [-0.2, -0.15) is 5.26 Å². The predicted molar refractivity (Wildman–Crippen MR) is 113 cm³/mol. The second kappa shape index (κ2) is 9.74. The second-order valence-corrected chi connectivity index (χ2v) is 9.08. The molecule has 2 heterocycles. The molecule has 5 nitrogen and oxygen atoms in total. The molecule has 1 aliphatic carbocycles. The zero-order valence-corrected chi connectivity index (χ0v) is 17.9. The standard InChI is InChI=1S/C24H34FN3O2/c25-21-9-7-20(8-10-21)24(29-17-18-30-24)11-4-14-28-15-12-23(19-26,13-16-28)27-22-5-2-1-3-6-22/h7-10,22,27H,1-6,11-18H2. The monoisotopic (exact) mass is 415 g/mol. The zero-order valence-electron chi connectivity index (χ0n) is 17.9. The SMILES string of the molecule is N#CC1(NC2CCCCC2)CCN(CCCC2(c3ccc(F)cc3)OCCO2)CC1. The molecule has 0 unspecified atom stereocenters. The molecule has 0 aromatic heterocycles. The number of nitriles is 1. The molecule has 1 saturated carbocycles. The van der Waals surface area contributed by atoms with Crippen LogP contribution in [0.3, 0.4) is 0 Å². The van der Waals surface area contributed by atoms with Gasteiger partial charge in [-0.1, -0.05) is 31.4 Å². The fraction of sp³-hybridized carbons (Fsp3) is 0.708. The van der Waals surface area contributed by atoms with Gasteiger partial charge in [-0.15, -0.1) is 0 Å². The highest BCUT2D eigenvalue weighted by Crippen LogP contribution is 2.36. The summed E-state index contributed by atoms with van der Waals surface area (Å²) in [6, 6.07) is 9.58. The minimum atomic E-state index is -0.748. The van der Waals surface area contributed by atoms with E-state index in [1.54, 1.807) is 12.1 Å². The lowest BCUT2D eigenvalue weighted by Gasteiger charge is -2.41. The normalized spacial score (nSPS) is 24.5. The Hall–Kier alpha value is -1.52. The average Bonchev–Trinajstić information content (AvgIpc) is 3.26. The van der Waals surface area contributed by atoms with Crippen molar-refractivity contribution in [3.63, 3.8) is 0 Å². The van der Waals surface area contributed by atoms with Crippen molar-refractivity contribution < 1.29 is 13.9 Å². The summed E-state index contributed by atoms with van der Waals surface area (Å²) < 4.78 is 25.3. The molecule has 2 aliphatic heterocycles. The topological polar surface area (TPSA) is 57.5 Å². The van der Waals surface area contributed by atoms with Gasteiger partial charge >= 0.3 is 0 Å². The van der Waals surface area contributed by atoms with Gasteiger partial charge in [0.1, 0.15) is 11.4 Å². The maximum Gasteiger partial charge on any atom is 0.195 e. The van der Waals surface area contributed by atoms with Crippen molar-refractivity contribution in [2.24, 2.45) is 0 Å². The molecular weight excluding hydrogens is 381 g/mol. The minimum absolute atomic E-state index is 0.247. The van der Waals surface area contributed by atoms with Crippen molar-refractivity contribution in [2.75, 3.05) is 32.8 Å². The molecule has 3 aliphatic rings. The van der Waals surface area contributed by atoms with E-state index < -0.39 is 5.79 Å². The number of halogens is 1. The maximum absolute atomic E-state index is 13.3.